The van der Waals surface area contributed by atoms with Gasteiger partial charge in [-0.15, -0.1) is 0 Å². The number of carbonyl (C=O) groups is 1. The second kappa shape index (κ2) is 6.24. The van der Waals surface area contributed by atoms with E-state index in [1.807, 2.05) is 21.0 Å². The molecule has 0 radical (unpaired) electrons. The summed E-state index contributed by atoms with van der Waals surface area (Å²) in [6.07, 6.45) is 6.40. The van der Waals surface area contributed by atoms with Crippen molar-refractivity contribution in [1.82, 2.24) is 10.2 Å². The molecule has 2 unspecified atom stereocenters. The van der Waals surface area contributed by atoms with Gasteiger partial charge in [-0.25, -0.2) is 0 Å². The van der Waals surface area contributed by atoms with Crippen LogP contribution in [0.1, 0.15) is 46.0 Å². The minimum Gasteiger partial charge on any atom is -0.347 e. The molecule has 1 aliphatic carbocycles. The van der Waals surface area contributed by atoms with Crippen LogP contribution in [0.2, 0.25) is 0 Å². The van der Waals surface area contributed by atoms with E-state index in [1.165, 1.54) is 32.1 Å². The van der Waals surface area contributed by atoms with Crippen LogP contribution >= 0.6 is 0 Å². The van der Waals surface area contributed by atoms with Gasteiger partial charge in [0.25, 0.3) is 0 Å². The molecule has 3 heteroatoms. The van der Waals surface area contributed by atoms with Crippen LogP contribution < -0.4 is 5.32 Å². The molecule has 1 rings (SSSR count). The molecule has 0 bridgehead atoms. The maximum absolute atomic E-state index is 11.7. The molecular formula is C13H26N2O. The molecule has 94 valence electrons. The first-order chi connectivity index (χ1) is 7.54. The molecule has 16 heavy (non-hydrogen) atoms. The number of carbonyl (C=O) groups excluding carboxylic acids is 1. The molecule has 0 aromatic rings. The Morgan fingerprint density at radius 1 is 1.44 bits per heavy atom. The van der Waals surface area contributed by atoms with Gasteiger partial charge in [0.05, 0.1) is 6.04 Å². The first-order valence-electron chi connectivity index (χ1n) is 6.51. The summed E-state index contributed by atoms with van der Waals surface area (Å²) in [5.74, 6) is 1.03. The summed E-state index contributed by atoms with van der Waals surface area (Å²) in [5, 5.41) is 3.47. The molecular weight excluding hydrogens is 200 g/mol. The number of hydrogen-bond acceptors (Lipinski definition) is 2. The molecule has 3 nitrogen and oxygen atoms in total. The van der Waals surface area contributed by atoms with E-state index in [0.717, 1.165) is 5.92 Å². The number of hydrogen-bond donors (Lipinski definition) is 1. The fourth-order valence-corrected chi connectivity index (χ4v) is 2.63. The fourth-order valence-electron chi connectivity index (χ4n) is 2.63. The van der Waals surface area contributed by atoms with Crippen molar-refractivity contribution < 1.29 is 4.79 Å². The van der Waals surface area contributed by atoms with Crippen molar-refractivity contribution in [2.45, 2.75) is 58.0 Å². The molecule has 0 spiro atoms. The summed E-state index contributed by atoms with van der Waals surface area (Å²) in [7, 11) is 3.63. The second-order valence-electron chi connectivity index (χ2n) is 5.26. The van der Waals surface area contributed by atoms with Crippen molar-refractivity contribution in [3.63, 3.8) is 0 Å². The number of nitrogens with one attached hydrogen (secondary N) is 1. The van der Waals surface area contributed by atoms with E-state index in [9.17, 15) is 4.79 Å². The van der Waals surface area contributed by atoms with Crippen molar-refractivity contribution >= 4 is 5.91 Å². The molecule has 1 saturated carbocycles. The van der Waals surface area contributed by atoms with E-state index in [-0.39, 0.29) is 11.9 Å². The van der Waals surface area contributed by atoms with Gasteiger partial charge in [-0.05, 0) is 25.7 Å². The third kappa shape index (κ3) is 3.78. The predicted molar refractivity (Wildman–Crippen MR) is 67.3 cm³/mol. The second-order valence-corrected chi connectivity index (χ2v) is 5.26. The van der Waals surface area contributed by atoms with Crippen LogP contribution in [0.25, 0.3) is 0 Å². The predicted octanol–water partition coefficient (Wildman–Crippen LogP) is 2.02. The van der Waals surface area contributed by atoms with E-state index in [1.54, 1.807) is 4.90 Å². The van der Waals surface area contributed by atoms with Gasteiger partial charge in [0.2, 0.25) is 5.91 Å². The molecule has 1 N–H and O–H groups in total. The summed E-state index contributed by atoms with van der Waals surface area (Å²) >= 11 is 0. The first-order valence-corrected chi connectivity index (χ1v) is 6.51. The third-order valence-electron chi connectivity index (χ3n) is 3.66. The number of nitrogens with zero attached hydrogens (tertiary/aromatic N) is 1. The van der Waals surface area contributed by atoms with Crippen LogP contribution in [-0.4, -0.2) is 37.0 Å². The molecule has 0 saturated heterocycles. The Labute approximate surface area is 99.6 Å². The van der Waals surface area contributed by atoms with E-state index >= 15 is 0 Å². The average Bonchev–Trinajstić information content (AvgIpc) is 2.28. The van der Waals surface area contributed by atoms with Crippen LogP contribution in [0.3, 0.4) is 0 Å². The van der Waals surface area contributed by atoms with Crippen LogP contribution in [0.4, 0.5) is 0 Å². The fraction of sp³-hybridized carbons (Fsp3) is 0.923. The summed E-state index contributed by atoms with van der Waals surface area (Å²) in [5.41, 5.74) is 0. The van der Waals surface area contributed by atoms with Gasteiger partial charge in [-0.2, -0.15) is 0 Å². The Bertz CT molecular complexity index is 228. The molecule has 0 heterocycles. The summed E-state index contributed by atoms with van der Waals surface area (Å²) in [6.45, 7) is 4.24. The highest BCUT2D eigenvalue weighted by atomic mass is 16.2. The van der Waals surface area contributed by atoms with Crippen molar-refractivity contribution in [1.29, 1.82) is 0 Å². The van der Waals surface area contributed by atoms with Crippen LogP contribution in [0.5, 0.6) is 0 Å². The van der Waals surface area contributed by atoms with Crippen LogP contribution in [0.15, 0.2) is 0 Å². The molecule has 1 amide bonds. The van der Waals surface area contributed by atoms with E-state index < -0.39 is 0 Å². The highest BCUT2D eigenvalue weighted by Crippen LogP contribution is 2.26. The van der Waals surface area contributed by atoms with Gasteiger partial charge in [0.1, 0.15) is 0 Å². The van der Waals surface area contributed by atoms with E-state index in [2.05, 4.69) is 12.2 Å². The van der Waals surface area contributed by atoms with Crippen molar-refractivity contribution in [2.24, 2.45) is 5.92 Å². The Kier molecular flexibility index (Phi) is 5.26. The number of amides is 1. The SMILES string of the molecule is CCC1CCCC(N[C@H](C)C(=O)N(C)C)C1. The lowest BCUT2D eigenvalue weighted by molar-refractivity contribution is -0.130. The van der Waals surface area contributed by atoms with Gasteiger partial charge >= 0.3 is 0 Å². The number of rotatable bonds is 4. The quantitative estimate of drug-likeness (QED) is 0.795. The lowest BCUT2D eigenvalue weighted by Gasteiger charge is -2.31. The zero-order valence-corrected chi connectivity index (χ0v) is 11.1. The normalized spacial score (nSPS) is 27.5. The standard InChI is InChI=1S/C13H26N2O/c1-5-11-7-6-8-12(9-11)14-10(2)13(16)15(3)4/h10-12,14H,5-9H2,1-4H3/t10-,11?,12?/m1/s1. The zero-order chi connectivity index (χ0) is 12.1. The summed E-state index contributed by atoms with van der Waals surface area (Å²) in [4.78, 5) is 13.4. The zero-order valence-electron chi connectivity index (χ0n) is 11.1. The van der Waals surface area contributed by atoms with Gasteiger partial charge in [-0.3, -0.25) is 4.79 Å². The van der Waals surface area contributed by atoms with Crippen LogP contribution in [-0.2, 0) is 4.79 Å². The van der Waals surface area contributed by atoms with Gasteiger partial charge in [0.15, 0.2) is 0 Å². The van der Waals surface area contributed by atoms with Crippen molar-refractivity contribution in [2.75, 3.05) is 14.1 Å². The maximum Gasteiger partial charge on any atom is 0.238 e. The van der Waals surface area contributed by atoms with Gasteiger partial charge in [-0.1, -0.05) is 26.2 Å². The summed E-state index contributed by atoms with van der Waals surface area (Å²) in [6, 6.07) is 0.494. The lowest BCUT2D eigenvalue weighted by Crippen LogP contribution is -2.47. The maximum atomic E-state index is 11.7. The molecule has 0 aliphatic heterocycles. The Balaban J connectivity index is 2.38. The minimum absolute atomic E-state index is 0.0457. The molecule has 1 fully saturated rings. The number of likely N-dealkylation sites (N-methyl/N-ethyl adjacent to an activating group) is 1. The van der Waals surface area contributed by atoms with E-state index in [4.69, 9.17) is 0 Å². The largest absolute Gasteiger partial charge is 0.347 e. The highest BCUT2D eigenvalue weighted by Gasteiger charge is 2.24. The van der Waals surface area contributed by atoms with Gasteiger partial charge < -0.3 is 10.2 Å². The molecule has 3 atom stereocenters. The van der Waals surface area contributed by atoms with E-state index in [0.29, 0.717) is 6.04 Å². The summed E-state index contributed by atoms with van der Waals surface area (Å²) < 4.78 is 0. The third-order valence-corrected chi connectivity index (χ3v) is 3.66. The smallest absolute Gasteiger partial charge is 0.238 e. The molecule has 0 aromatic carbocycles. The highest BCUT2D eigenvalue weighted by molar-refractivity contribution is 5.80. The minimum atomic E-state index is -0.0457. The Morgan fingerprint density at radius 2 is 2.12 bits per heavy atom. The van der Waals surface area contributed by atoms with Crippen molar-refractivity contribution in [3.8, 4) is 0 Å². The molecule has 0 aromatic heterocycles. The van der Waals surface area contributed by atoms with Gasteiger partial charge in [0, 0.05) is 20.1 Å². The monoisotopic (exact) mass is 226 g/mol. The Hall–Kier alpha value is -0.570. The topological polar surface area (TPSA) is 32.3 Å². The average molecular weight is 226 g/mol. The lowest BCUT2D eigenvalue weighted by atomic mass is 9.84. The Morgan fingerprint density at radius 3 is 2.69 bits per heavy atom. The van der Waals surface area contributed by atoms with Crippen LogP contribution in [0, 0.1) is 5.92 Å². The first kappa shape index (κ1) is 13.5. The van der Waals surface area contributed by atoms with Crippen molar-refractivity contribution in [3.05, 3.63) is 0 Å². The molecule has 1 aliphatic rings.